The van der Waals surface area contributed by atoms with Crippen molar-refractivity contribution in [3.8, 4) is 0 Å². The molecule has 23 heavy (non-hydrogen) atoms. The monoisotopic (exact) mass is 328 g/mol. The van der Waals surface area contributed by atoms with Crippen molar-refractivity contribution in [3.05, 3.63) is 45.5 Å². The molecule has 0 aliphatic carbocycles. The Kier molecular flexibility index (Phi) is 5.51. The number of thioether (sulfide) groups is 1. The third kappa shape index (κ3) is 3.45. The zero-order valence-electron chi connectivity index (χ0n) is 16.3. The van der Waals surface area contributed by atoms with E-state index < -0.39 is 0 Å². The Labute approximate surface area is 147 Å². The molecule has 0 amide bonds. The number of hydrogen-bond donors (Lipinski definition) is 0. The summed E-state index contributed by atoms with van der Waals surface area (Å²) in [7, 11) is 0. The summed E-state index contributed by atoms with van der Waals surface area (Å²) in [5.74, 6) is 1.08. The molecule has 0 unspecified atom stereocenters. The molecule has 1 aliphatic rings. The lowest BCUT2D eigenvalue weighted by Gasteiger charge is -2.29. The Morgan fingerprint density at radius 3 is 2.09 bits per heavy atom. The standard InChI is InChI=1S/C22H32S/c1-12(2)19-10-14(5)16(7)18(9)23-22-17(8)15(6)11-20(13(3)4)21(19)22/h10-13,18H,1-9H3/b16-14-,19-10-/t18-/m1/s1. The van der Waals surface area contributed by atoms with E-state index in [1.54, 1.807) is 0 Å². The minimum atomic E-state index is 0.527. The molecule has 0 bridgehead atoms. The summed E-state index contributed by atoms with van der Waals surface area (Å²) in [6.45, 7) is 20.8. The van der Waals surface area contributed by atoms with E-state index >= 15 is 0 Å². The van der Waals surface area contributed by atoms with Gasteiger partial charge in [0.15, 0.2) is 0 Å². The molecule has 0 fully saturated rings. The average Bonchev–Trinajstić information content (AvgIpc) is 2.47. The highest BCUT2D eigenvalue weighted by molar-refractivity contribution is 8.00. The van der Waals surface area contributed by atoms with Crippen LogP contribution in [0.3, 0.4) is 0 Å². The minimum Gasteiger partial charge on any atom is -0.118 e. The second-order valence-corrected chi connectivity index (χ2v) is 9.00. The highest BCUT2D eigenvalue weighted by atomic mass is 32.2. The molecule has 0 N–H and O–H groups in total. The van der Waals surface area contributed by atoms with Gasteiger partial charge in [-0.2, -0.15) is 0 Å². The molecule has 0 spiro atoms. The van der Waals surface area contributed by atoms with Gasteiger partial charge in [-0.05, 0) is 74.3 Å². The summed E-state index contributed by atoms with van der Waals surface area (Å²) in [5.41, 5.74) is 10.4. The highest BCUT2D eigenvalue weighted by Crippen LogP contribution is 2.45. The lowest BCUT2D eigenvalue weighted by Crippen LogP contribution is -2.11. The first-order valence-corrected chi connectivity index (χ1v) is 9.73. The van der Waals surface area contributed by atoms with Gasteiger partial charge in [-0.3, -0.25) is 0 Å². The summed E-state index contributed by atoms with van der Waals surface area (Å²) in [4.78, 5) is 1.51. The second kappa shape index (κ2) is 6.89. The summed E-state index contributed by atoms with van der Waals surface area (Å²) in [5, 5.41) is 0.527. The molecular formula is C22H32S. The zero-order chi connectivity index (χ0) is 17.5. The predicted octanol–water partition coefficient (Wildman–Crippen LogP) is 7.30. The van der Waals surface area contributed by atoms with Crippen LogP contribution in [0.1, 0.15) is 76.6 Å². The van der Waals surface area contributed by atoms with Crippen LogP contribution in [0.2, 0.25) is 0 Å². The van der Waals surface area contributed by atoms with Crippen LogP contribution in [0, 0.1) is 19.8 Å². The van der Waals surface area contributed by atoms with Crippen molar-refractivity contribution in [2.24, 2.45) is 5.92 Å². The van der Waals surface area contributed by atoms with Gasteiger partial charge in [0.1, 0.15) is 0 Å². The van der Waals surface area contributed by atoms with Crippen molar-refractivity contribution >= 4 is 17.3 Å². The number of fused-ring (bicyclic) bond motifs is 1. The van der Waals surface area contributed by atoms with E-state index in [1.807, 2.05) is 0 Å². The van der Waals surface area contributed by atoms with E-state index in [1.165, 1.54) is 43.9 Å². The molecule has 1 atom stereocenters. The van der Waals surface area contributed by atoms with Gasteiger partial charge < -0.3 is 0 Å². The summed E-state index contributed by atoms with van der Waals surface area (Å²) in [6.07, 6.45) is 2.45. The molecule has 1 heteroatoms. The second-order valence-electron chi connectivity index (χ2n) is 7.65. The van der Waals surface area contributed by atoms with E-state index in [9.17, 15) is 0 Å². The Hall–Kier alpha value is -0.950. The van der Waals surface area contributed by atoms with Crippen LogP contribution >= 0.6 is 11.8 Å². The first-order valence-electron chi connectivity index (χ1n) is 8.85. The lowest BCUT2D eigenvalue weighted by molar-refractivity contribution is 0.816. The van der Waals surface area contributed by atoms with Crippen LogP contribution in [0.4, 0.5) is 0 Å². The fourth-order valence-electron chi connectivity index (χ4n) is 3.27. The van der Waals surface area contributed by atoms with Gasteiger partial charge in [-0.25, -0.2) is 0 Å². The SMILES string of the molecule is CC1=C(\C)[C@@H](C)Sc2c(C)c(C)cc(C(C)C)c2/C(C(C)C)=C\1. The van der Waals surface area contributed by atoms with Crippen molar-refractivity contribution in [1.29, 1.82) is 0 Å². The van der Waals surface area contributed by atoms with Crippen LogP contribution in [0.5, 0.6) is 0 Å². The van der Waals surface area contributed by atoms with Gasteiger partial charge in [-0.1, -0.05) is 51.0 Å². The fraction of sp³-hybridized carbons (Fsp3) is 0.545. The van der Waals surface area contributed by atoms with Crippen LogP contribution in [-0.4, -0.2) is 5.25 Å². The summed E-state index contributed by atoms with van der Waals surface area (Å²) < 4.78 is 0. The smallest absolute Gasteiger partial charge is 0.0278 e. The first-order chi connectivity index (χ1) is 10.6. The van der Waals surface area contributed by atoms with Gasteiger partial charge in [0.05, 0.1) is 0 Å². The molecule has 1 aromatic rings. The van der Waals surface area contributed by atoms with E-state index in [4.69, 9.17) is 0 Å². The molecule has 0 nitrogen and oxygen atoms in total. The van der Waals surface area contributed by atoms with Crippen molar-refractivity contribution < 1.29 is 0 Å². The van der Waals surface area contributed by atoms with Crippen molar-refractivity contribution in [1.82, 2.24) is 0 Å². The summed E-state index contributed by atoms with van der Waals surface area (Å²) >= 11 is 2.05. The number of allylic oxidation sites excluding steroid dienone is 3. The number of rotatable bonds is 2. The molecule has 0 radical (unpaired) electrons. The van der Waals surface area contributed by atoms with Crippen molar-refractivity contribution in [3.63, 3.8) is 0 Å². The molecule has 1 aliphatic heterocycles. The van der Waals surface area contributed by atoms with Crippen molar-refractivity contribution in [2.45, 2.75) is 78.4 Å². The highest BCUT2D eigenvalue weighted by Gasteiger charge is 2.25. The topological polar surface area (TPSA) is 0 Å². The zero-order valence-corrected chi connectivity index (χ0v) is 17.1. The molecule has 0 aromatic heterocycles. The first kappa shape index (κ1) is 18.4. The minimum absolute atomic E-state index is 0.527. The van der Waals surface area contributed by atoms with Crippen LogP contribution in [0.15, 0.2) is 28.2 Å². The van der Waals surface area contributed by atoms with Gasteiger partial charge in [0, 0.05) is 10.1 Å². The predicted molar refractivity (Wildman–Crippen MR) is 107 cm³/mol. The maximum Gasteiger partial charge on any atom is 0.0278 e. The van der Waals surface area contributed by atoms with Crippen LogP contribution < -0.4 is 0 Å². The van der Waals surface area contributed by atoms with Gasteiger partial charge in [0.25, 0.3) is 0 Å². The van der Waals surface area contributed by atoms with Gasteiger partial charge in [0.2, 0.25) is 0 Å². The maximum absolute atomic E-state index is 2.45. The molecule has 126 valence electrons. The number of hydrogen-bond acceptors (Lipinski definition) is 1. The normalized spacial score (nSPS) is 24.3. The van der Waals surface area contributed by atoms with Crippen LogP contribution in [0.25, 0.3) is 5.57 Å². The van der Waals surface area contributed by atoms with E-state index in [0.29, 0.717) is 17.1 Å². The number of aryl methyl sites for hydroxylation is 1. The Morgan fingerprint density at radius 1 is 0.957 bits per heavy atom. The molecule has 0 saturated heterocycles. The van der Waals surface area contributed by atoms with Crippen molar-refractivity contribution in [2.75, 3.05) is 0 Å². The van der Waals surface area contributed by atoms with Crippen LogP contribution in [-0.2, 0) is 0 Å². The quantitative estimate of drug-likeness (QED) is 0.549. The number of benzene rings is 1. The Morgan fingerprint density at radius 2 is 1.57 bits per heavy atom. The van der Waals surface area contributed by atoms with Gasteiger partial charge >= 0.3 is 0 Å². The third-order valence-corrected chi connectivity index (χ3v) is 6.70. The Balaban J connectivity index is 2.91. The average molecular weight is 329 g/mol. The van der Waals surface area contributed by atoms with Gasteiger partial charge in [-0.15, -0.1) is 11.8 Å². The lowest BCUT2D eigenvalue weighted by atomic mass is 9.83. The van der Waals surface area contributed by atoms with E-state index in [0.717, 1.165) is 0 Å². The Bertz CT molecular complexity index is 672. The maximum atomic E-state index is 2.45. The summed E-state index contributed by atoms with van der Waals surface area (Å²) in [6, 6.07) is 2.42. The molecule has 2 rings (SSSR count). The molecule has 1 heterocycles. The van der Waals surface area contributed by atoms with E-state index in [2.05, 4.69) is 86.2 Å². The largest absolute Gasteiger partial charge is 0.118 e. The van der Waals surface area contributed by atoms with E-state index in [-0.39, 0.29) is 0 Å². The third-order valence-electron chi connectivity index (χ3n) is 5.25. The fourth-order valence-corrected chi connectivity index (χ4v) is 4.68. The molecule has 0 saturated carbocycles. The molecular weight excluding hydrogens is 296 g/mol. The molecule has 1 aromatic carbocycles.